The van der Waals surface area contributed by atoms with Gasteiger partial charge in [-0.3, -0.25) is 0 Å². The Morgan fingerprint density at radius 3 is 2.16 bits per heavy atom. The van der Waals surface area contributed by atoms with Crippen LogP contribution in [-0.2, 0) is 0 Å². The molecule has 2 aromatic rings. The summed E-state index contributed by atoms with van der Waals surface area (Å²) < 4.78 is 33.1. The van der Waals surface area contributed by atoms with Gasteiger partial charge in [0.15, 0.2) is 11.6 Å². The summed E-state index contributed by atoms with van der Waals surface area (Å²) in [5, 5.41) is 0. The third-order valence-corrected chi connectivity index (χ3v) is 3.57. The summed E-state index contributed by atoms with van der Waals surface area (Å²) in [4.78, 5) is 0. The number of rotatable bonds is 2. The van der Waals surface area contributed by atoms with E-state index in [4.69, 9.17) is 10.2 Å². The monoisotopic (exact) mass is 265 g/mol. The van der Waals surface area contributed by atoms with Crippen LogP contribution < -0.4 is 5.73 Å². The largest absolute Gasteiger partial charge is 0.466 e. The van der Waals surface area contributed by atoms with Gasteiger partial charge in [-0.15, -0.1) is 0 Å². The van der Waals surface area contributed by atoms with E-state index in [1.54, 1.807) is 6.92 Å². The van der Waals surface area contributed by atoms with Crippen molar-refractivity contribution in [1.29, 1.82) is 0 Å². The minimum absolute atomic E-state index is 0.148. The Kier molecular flexibility index (Phi) is 3.45. The van der Waals surface area contributed by atoms with Crippen LogP contribution in [0.5, 0.6) is 0 Å². The highest BCUT2D eigenvalue weighted by atomic mass is 19.2. The average Bonchev–Trinajstić information content (AvgIpc) is 2.60. The Morgan fingerprint density at radius 2 is 1.63 bits per heavy atom. The van der Waals surface area contributed by atoms with E-state index in [9.17, 15) is 8.78 Å². The van der Waals surface area contributed by atoms with Crippen molar-refractivity contribution in [3.05, 3.63) is 57.5 Å². The maximum atomic E-state index is 14.0. The first-order valence-corrected chi connectivity index (χ1v) is 6.11. The summed E-state index contributed by atoms with van der Waals surface area (Å²) in [5.41, 5.74) is 8.10. The summed E-state index contributed by atoms with van der Waals surface area (Å²) >= 11 is 0. The summed E-state index contributed by atoms with van der Waals surface area (Å²) in [6.07, 6.45) is 0. The highest BCUT2D eigenvalue weighted by Crippen LogP contribution is 2.32. The Labute approximate surface area is 111 Å². The molecule has 0 saturated heterocycles. The molecule has 0 bridgehead atoms. The zero-order valence-corrected chi connectivity index (χ0v) is 11.5. The van der Waals surface area contributed by atoms with Gasteiger partial charge < -0.3 is 10.2 Å². The number of aryl methyl sites for hydroxylation is 3. The summed E-state index contributed by atoms with van der Waals surface area (Å²) in [7, 11) is 0. The lowest BCUT2D eigenvalue weighted by Crippen LogP contribution is -2.16. The topological polar surface area (TPSA) is 39.2 Å². The molecule has 2 nitrogen and oxygen atoms in total. The molecule has 2 N–H and O–H groups in total. The number of hydrogen-bond acceptors (Lipinski definition) is 2. The lowest BCUT2D eigenvalue weighted by molar-refractivity contribution is 0.484. The SMILES string of the molecule is Cc1ccc(C(N)c2c(C)oc(C)c2C)c(F)c1F. The number of halogens is 2. The molecule has 2 rings (SSSR count). The van der Waals surface area contributed by atoms with Crippen LogP contribution in [0.3, 0.4) is 0 Å². The predicted molar refractivity (Wildman–Crippen MR) is 70.0 cm³/mol. The first-order chi connectivity index (χ1) is 8.84. The normalized spacial score (nSPS) is 12.8. The molecule has 0 fully saturated rings. The fraction of sp³-hybridized carbons (Fsp3) is 0.333. The van der Waals surface area contributed by atoms with Gasteiger partial charge in [-0.05, 0) is 38.8 Å². The van der Waals surface area contributed by atoms with Gasteiger partial charge in [0.2, 0.25) is 0 Å². The van der Waals surface area contributed by atoms with E-state index in [0.29, 0.717) is 5.76 Å². The molecular formula is C15H17F2NO. The molecule has 102 valence electrons. The Bertz CT molecular complexity index is 632. The molecule has 0 aliphatic rings. The van der Waals surface area contributed by atoms with Crippen LogP contribution in [0.2, 0.25) is 0 Å². The predicted octanol–water partition coefficient (Wildman–Crippen LogP) is 3.84. The van der Waals surface area contributed by atoms with Crippen LogP contribution in [0.1, 0.15) is 39.8 Å². The van der Waals surface area contributed by atoms with E-state index in [1.165, 1.54) is 19.1 Å². The van der Waals surface area contributed by atoms with Gasteiger partial charge in [-0.25, -0.2) is 8.78 Å². The van der Waals surface area contributed by atoms with Crippen molar-refractivity contribution in [3.63, 3.8) is 0 Å². The number of furan rings is 1. The van der Waals surface area contributed by atoms with Crippen molar-refractivity contribution in [2.24, 2.45) is 5.73 Å². The number of benzene rings is 1. The smallest absolute Gasteiger partial charge is 0.164 e. The van der Waals surface area contributed by atoms with Crippen LogP contribution in [0, 0.1) is 39.3 Å². The molecule has 1 unspecified atom stereocenters. The maximum Gasteiger partial charge on any atom is 0.164 e. The third kappa shape index (κ3) is 2.16. The Hall–Kier alpha value is -1.68. The molecule has 1 aromatic carbocycles. The molecule has 0 radical (unpaired) electrons. The lowest BCUT2D eigenvalue weighted by atomic mass is 9.95. The molecule has 1 atom stereocenters. The van der Waals surface area contributed by atoms with E-state index in [0.717, 1.165) is 16.9 Å². The summed E-state index contributed by atoms with van der Waals surface area (Å²) in [5.74, 6) is -0.340. The summed E-state index contributed by atoms with van der Waals surface area (Å²) in [6, 6.07) is 2.33. The maximum absolute atomic E-state index is 14.0. The second-order valence-electron chi connectivity index (χ2n) is 4.83. The average molecular weight is 265 g/mol. The van der Waals surface area contributed by atoms with Crippen molar-refractivity contribution in [3.8, 4) is 0 Å². The molecule has 19 heavy (non-hydrogen) atoms. The van der Waals surface area contributed by atoms with Gasteiger partial charge in [0.25, 0.3) is 0 Å². The molecule has 0 amide bonds. The fourth-order valence-electron chi connectivity index (χ4n) is 2.32. The van der Waals surface area contributed by atoms with E-state index in [-0.39, 0.29) is 11.1 Å². The van der Waals surface area contributed by atoms with E-state index in [1.807, 2.05) is 13.8 Å². The first kappa shape index (κ1) is 13.7. The van der Waals surface area contributed by atoms with Crippen molar-refractivity contribution in [2.75, 3.05) is 0 Å². The van der Waals surface area contributed by atoms with Crippen LogP contribution in [0.4, 0.5) is 8.78 Å². The minimum Gasteiger partial charge on any atom is -0.466 e. The Balaban J connectivity index is 2.56. The minimum atomic E-state index is -0.884. The standard InChI is InChI=1S/C15H17F2NO/c1-7-5-6-11(14(17)13(7)16)15(18)12-8(2)9(3)19-10(12)4/h5-6,15H,18H2,1-4H3. The molecule has 1 aromatic heterocycles. The Morgan fingerprint density at radius 1 is 1.00 bits per heavy atom. The van der Waals surface area contributed by atoms with Crippen LogP contribution in [0.15, 0.2) is 16.5 Å². The summed E-state index contributed by atoms with van der Waals surface area (Å²) in [6.45, 7) is 6.98. The second kappa shape index (κ2) is 4.78. The van der Waals surface area contributed by atoms with Gasteiger partial charge >= 0.3 is 0 Å². The molecule has 1 heterocycles. The quantitative estimate of drug-likeness (QED) is 0.896. The van der Waals surface area contributed by atoms with Gasteiger partial charge in [-0.1, -0.05) is 12.1 Å². The second-order valence-corrected chi connectivity index (χ2v) is 4.83. The van der Waals surface area contributed by atoms with Crippen molar-refractivity contribution < 1.29 is 13.2 Å². The van der Waals surface area contributed by atoms with Crippen LogP contribution >= 0.6 is 0 Å². The van der Waals surface area contributed by atoms with Gasteiger partial charge in [0, 0.05) is 11.1 Å². The highest BCUT2D eigenvalue weighted by Gasteiger charge is 2.23. The number of nitrogens with two attached hydrogens (primary N) is 1. The third-order valence-electron chi connectivity index (χ3n) is 3.57. The van der Waals surface area contributed by atoms with Crippen LogP contribution in [0.25, 0.3) is 0 Å². The fourth-order valence-corrected chi connectivity index (χ4v) is 2.32. The van der Waals surface area contributed by atoms with Crippen molar-refractivity contribution in [1.82, 2.24) is 0 Å². The van der Waals surface area contributed by atoms with Gasteiger partial charge in [-0.2, -0.15) is 0 Å². The van der Waals surface area contributed by atoms with Crippen molar-refractivity contribution >= 4 is 0 Å². The van der Waals surface area contributed by atoms with Gasteiger partial charge in [0.05, 0.1) is 6.04 Å². The molecule has 4 heteroatoms. The lowest BCUT2D eigenvalue weighted by Gasteiger charge is -2.15. The first-order valence-electron chi connectivity index (χ1n) is 6.11. The van der Waals surface area contributed by atoms with Crippen LogP contribution in [-0.4, -0.2) is 0 Å². The van der Waals surface area contributed by atoms with E-state index < -0.39 is 17.7 Å². The van der Waals surface area contributed by atoms with E-state index >= 15 is 0 Å². The van der Waals surface area contributed by atoms with Crippen molar-refractivity contribution in [2.45, 2.75) is 33.7 Å². The van der Waals surface area contributed by atoms with E-state index in [2.05, 4.69) is 0 Å². The number of hydrogen-bond donors (Lipinski definition) is 1. The molecule has 0 saturated carbocycles. The molecule has 0 spiro atoms. The highest BCUT2D eigenvalue weighted by molar-refractivity contribution is 5.41. The molecule has 0 aliphatic heterocycles. The molecular weight excluding hydrogens is 248 g/mol. The zero-order valence-electron chi connectivity index (χ0n) is 11.5. The van der Waals surface area contributed by atoms with Gasteiger partial charge in [0.1, 0.15) is 11.5 Å². The zero-order chi connectivity index (χ0) is 14.3. The molecule has 0 aliphatic carbocycles.